The lowest BCUT2D eigenvalue weighted by atomic mass is 9.82. The molecule has 0 radical (unpaired) electrons. The molecule has 1 aliphatic heterocycles. The summed E-state index contributed by atoms with van der Waals surface area (Å²) in [6.07, 6.45) is 2.68. The highest BCUT2D eigenvalue weighted by atomic mass is 16.2. The van der Waals surface area contributed by atoms with Crippen LogP contribution in [-0.4, -0.2) is 5.91 Å². The van der Waals surface area contributed by atoms with E-state index in [1.165, 1.54) is 16.3 Å². The van der Waals surface area contributed by atoms with Crippen molar-refractivity contribution in [3.05, 3.63) is 132 Å². The Morgan fingerprint density at radius 1 is 0.844 bits per heavy atom. The summed E-state index contributed by atoms with van der Waals surface area (Å²) < 4.78 is 0. The number of hydrogen-bond donors (Lipinski definition) is 1. The highest BCUT2D eigenvalue weighted by Crippen LogP contribution is 2.40. The van der Waals surface area contributed by atoms with Gasteiger partial charge in [-0.2, -0.15) is 0 Å². The van der Waals surface area contributed by atoms with Crippen LogP contribution in [0.2, 0.25) is 0 Å². The molecule has 0 aromatic heterocycles. The third-order valence-electron chi connectivity index (χ3n) is 6.27. The fourth-order valence-corrected chi connectivity index (χ4v) is 4.50. The van der Waals surface area contributed by atoms with Crippen LogP contribution in [0, 0.1) is 6.92 Å². The Balaban J connectivity index is 1.56. The van der Waals surface area contributed by atoms with Gasteiger partial charge in [-0.3, -0.25) is 4.79 Å². The van der Waals surface area contributed by atoms with Crippen LogP contribution in [0.15, 0.2) is 110 Å². The van der Waals surface area contributed by atoms with Crippen molar-refractivity contribution in [2.45, 2.75) is 18.9 Å². The van der Waals surface area contributed by atoms with Crippen molar-refractivity contribution in [1.29, 1.82) is 0 Å². The zero-order valence-electron chi connectivity index (χ0n) is 18.1. The predicted octanol–water partition coefficient (Wildman–Crippen LogP) is 6.66. The summed E-state index contributed by atoms with van der Waals surface area (Å²) >= 11 is 0. The minimum Gasteiger partial charge on any atom is -0.339 e. The molecule has 1 N–H and O–H groups in total. The number of aryl methyl sites for hydroxylation is 1. The molecule has 4 aromatic carbocycles. The van der Waals surface area contributed by atoms with E-state index in [9.17, 15) is 4.79 Å². The number of nitrogens with one attached hydrogen (secondary N) is 1. The van der Waals surface area contributed by atoms with Gasteiger partial charge in [0.2, 0.25) is 0 Å². The molecule has 5 rings (SSSR count). The molecule has 0 saturated carbocycles. The summed E-state index contributed by atoms with van der Waals surface area (Å²) in [5, 5.41) is 5.68. The molecule has 0 fully saturated rings. The summed E-state index contributed by atoms with van der Waals surface area (Å²) in [6.45, 7) is 6.47. The van der Waals surface area contributed by atoms with E-state index < -0.39 is 5.54 Å². The lowest BCUT2D eigenvalue weighted by molar-refractivity contribution is -0.116. The summed E-state index contributed by atoms with van der Waals surface area (Å²) in [7, 11) is 0. The number of hydrogen-bond acceptors (Lipinski definition) is 1. The Labute approximate surface area is 188 Å². The Bertz CT molecular complexity index is 1350. The summed E-state index contributed by atoms with van der Waals surface area (Å²) in [5.74, 6) is -0.0518. The van der Waals surface area contributed by atoms with E-state index in [0.717, 1.165) is 22.3 Å². The molecular formula is C30H25NO. The first kappa shape index (κ1) is 20.0. The van der Waals surface area contributed by atoms with Gasteiger partial charge in [-0.25, -0.2) is 0 Å². The van der Waals surface area contributed by atoms with E-state index in [0.29, 0.717) is 12.0 Å². The number of carbonyl (C=O) groups excluding carboxylic acids is 1. The summed E-state index contributed by atoms with van der Waals surface area (Å²) in [5.41, 5.74) is 5.31. The monoisotopic (exact) mass is 415 g/mol. The lowest BCUT2D eigenvalue weighted by Gasteiger charge is -2.29. The molecule has 2 heteroatoms. The number of amides is 1. The van der Waals surface area contributed by atoms with Gasteiger partial charge in [0, 0.05) is 12.0 Å². The van der Waals surface area contributed by atoms with Crippen LogP contribution >= 0.6 is 0 Å². The minimum absolute atomic E-state index is 0.0518. The fourth-order valence-electron chi connectivity index (χ4n) is 4.50. The standard InChI is InChI=1S/C30H25NO/c1-21-12-14-24(15-13-21)28-20-30(31-29(28)32,27-10-4-3-5-11-27)19-22(2)25-17-16-23-8-6-7-9-26(23)18-25/h3-18,20H,2,19H2,1H3,(H,31,32). The first-order valence-corrected chi connectivity index (χ1v) is 10.9. The maximum Gasteiger partial charge on any atom is 0.252 e. The van der Waals surface area contributed by atoms with E-state index in [4.69, 9.17) is 0 Å². The van der Waals surface area contributed by atoms with E-state index >= 15 is 0 Å². The topological polar surface area (TPSA) is 29.1 Å². The molecule has 0 bridgehead atoms. The van der Waals surface area contributed by atoms with Gasteiger partial charge in [0.15, 0.2) is 0 Å². The first-order valence-electron chi connectivity index (χ1n) is 10.9. The molecule has 1 aliphatic rings. The van der Waals surface area contributed by atoms with Crippen molar-refractivity contribution >= 4 is 27.8 Å². The Hall–Kier alpha value is -3.91. The Morgan fingerprint density at radius 3 is 2.28 bits per heavy atom. The van der Waals surface area contributed by atoms with Crippen LogP contribution < -0.4 is 5.32 Å². The van der Waals surface area contributed by atoms with E-state index in [2.05, 4.69) is 67.4 Å². The number of rotatable bonds is 5. The Kier molecular flexibility index (Phi) is 4.99. The third-order valence-corrected chi connectivity index (χ3v) is 6.27. The summed E-state index contributed by atoms with van der Waals surface area (Å²) in [4.78, 5) is 13.1. The highest BCUT2D eigenvalue weighted by Gasteiger charge is 2.39. The van der Waals surface area contributed by atoms with E-state index in [-0.39, 0.29) is 5.91 Å². The second-order valence-corrected chi connectivity index (χ2v) is 8.56. The molecule has 0 spiro atoms. The van der Waals surface area contributed by atoms with Crippen molar-refractivity contribution in [3.63, 3.8) is 0 Å². The zero-order chi connectivity index (χ0) is 22.1. The van der Waals surface area contributed by atoms with Crippen LogP contribution in [-0.2, 0) is 10.3 Å². The molecular weight excluding hydrogens is 390 g/mol. The number of fused-ring (bicyclic) bond motifs is 1. The van der Waals surface area contributed by atoms with Gasteiger partial charge in [0.25, 0.3) is 5.91 Å². The van der Waals surface area contributed by atoms with Crippen LogP contribution in [0.1, 0.15) is 28.7 Å². The van der Waals surface area contributed by atoms with Crippen LogP contribution in [0.3, 0.4) is 0 Å². The Morgan fingerprint density at radius 2 is 1.53 bits per heavy atom. The van der Waals surface area contributed by atoms with Gasteiger partial charge < -0.3 is 5.32 Å². The molecule has 2 nitrogen and oxygen atoms in total. The van der Waals surface area contributed by atoms with Crippen molar-refractivity contribution in [3.8, 4) is 0 Å². The van der Waals surface area contributed by atoms with Gasteiger partial charge in [-0.15, -0.1) is 0 Å². The average Bonchev–Trinajstić information content (AvgIpc) is 3.16. The maximum absolute atomic E-state index is 13.1. The van der Waals surface area contributed by atoms with Crippen molar-refractivity contribution < 1.29 is 4.79 Å². The molecule has 1 amide bonds. The normalized spacial score (nSPS) is 17.8. The van der Waals surface area contributed by atoms with E-state index in [1.54, 1.807) is 0 Å². The molecule has 4 aromatic rings. The van der Waals surface area contributed by atoms with Gasteiger partial charge in [-0.05, 0) is 52.1 Å². The molecule has 0 saturated heterocycles. The first-order chi connectivity index (χ1) is 15.5. The molecule has 32 heavy (non-hydrogen) atoms. The average molecular weight is 416 g/mol. The molecule has 0 aliphatic carbocycles. The fraction of sp³-hybridized carbons (Fsp3) is 0.100. The molecule has 1 heterocycles. The number of benzene rings is 4. The zero-order valence-corrected chi connectivity index (χ0v) is 18.1. The SMILES string of the molecule is C=C(CC1(c2ccccc2)C=C(c2ccc(C)cc2)C(=O)N1)c1ccc2ccccc2c1. The molecule has 1 unspecified atom stereocenters. The van der Waals surface area contributed by atoms with Gasteiger partial charge in [0.05, 0.1) is 5.54 Å². The smallest absolute Gasteiger partial charge is 0.252 e. The van der Waals surface area contributed by atoms with Crippen molar-refractivity contribution in [2.75, 3.05) is 0 Å². The van der Waals surface area contributed by atoms with Gasteiger partial charge in [0.1, 0.15) is 0 Å². The van der Waals surface area contributed by atoms with Gasteiger partial charge >= 0.3 is 0 Å². The van der Waals surface area contributed by atoms with Crippen LogP contribution in [0.4, 0.5) is 0 Å². The maximum atomic E-state index is 13.1. The second-order valence-electron chi connectivity index (χ2n) is 8.56. The van der Waals surface area contributed by atoms with Crippen molar-refractivity contribution in [1.82, 2.24) is 5.32 Å². The number of carbonyl (C=O) groups is 1. The highest BCUT2D eigenvalue weighted by molar-refractivity contribution is 6.22. The van der Waals surface area contributed by atoms with E-state index in [1.807, 2.05) is 54.6 Å². The lowest BCUT2D eigenvalue weighted by Crippen LogP contribution is -2.39. The third kappa shape index (κ3) is 3.65. The second kappa shape index (κ2) is 7.97. The van der Waals surface area contributed by atoms with Gasteiger partial charge in [-0.1, -0.05) is 103 Å². The largest absolute Gasteiger partial charge is 0.339 e. The molecule has 156 valence electrons. The minimum atomic E-state index is -0.638. The van der Waals surface area contributed by atoms with Crippen LogP contribution in [0.5, 0.6) is 0 Å². The van der Waals surface area contributed by atoms with Crippen molar-refractivity contribution in [2.24, 2.45) is 0 Å². The summed E-state index contributed by atoms with van der Waals surface area (Å²) in [6, 6.07) is 33.0. The van der Waals surface area contributed by atoms with Crippen LogP contribution in [0.25, 0.3) is 21.9 Å². The quantitative estimate of drug-likeness (QED) is 0.388. The molecule has 1 atom stereocenters. The predicted molar refractivity (Wildman–Crippen MR) is 133 cm³/mol.